The Balaban J connectivity index is 2.12. The van der Waals surface area contributed by atoms with Crippen LogP contribution in [0.15, 0.2) is 30.3 Å². The quantitative estimate of drug-likeness (QED) is 0.784. The molecule has 1 aromatic carbocycles. The number of halogens is 1. The molecule has 0 aromatic heterocycles. The molecule has 1 saturated carbocycles. The van der Waals surface area contributed by atoms with Gasteiger partial charge < -0.3 is 5.11 Å². The minimum Gasteiger partial charge on any atom is -0.481 e. The second-order valence-electron chi connectivity index (χ2n) is 3.77. The van der Waals surface area contributed by atoms with Crippen molar-refractivity contribution in [1.82, 2.24) is 0 Å². The molecule has 14 heavy (non-hydrogen) atoms. The number of carbonyl (C=O) groups is 1. The van der Waals surface area contributed by atoms with Gasteiger partial charge in [0.1, 0.15) is 5.67 Å². The minimum absolute atomic E-state index is 0.104. The first kappa shape index (κ1) is 9.19. The van der Waals surface area contributed by atoms with E-state index in [0.29, 0.717) is 5.56 Å². The Morgan fingerprint density at radius 3 is 2.43 bits per heavy atom. The zero-order chi connectivity index (χ0) is 10.2. The normalized spacial score (nSPS) is 30.8. The Hall–Kier alpha value is -1.38. The molecule has 1 aliphatic carbocycles. The topological polar surface area (TPSA) is 37.3 Å². The van der Waals surface area contributed by atoms with Crippen molar-refractivity contribution in [1.29, 1.82) is 0 Å². The third-order valence-corrected chi connectivity index (χ3v) is 2.78. The number of carboxylic acids is 1. The van der Waals surface area contributed by atoms with E-state index in [9.17, 15) is 9.18 Å². The van der Waals surface area contributed by atoms with Crippen molar-refractivity contribution in [3.05, 3.63) is 35.9 Å². The summed E-state index contributed by atoms with van der Waals surface area (Å²) in [6.07, 6.45) is 0.207. The lowest BCUT2D eigenvalue weighted by atomic mass is 9.69. The third kappa shape index (κ3) is 1.39. The van der Waals surface area contributed by atoms with Gasteiger partial charge in [0.05, 0.1) is 5.92 Å². The largest absolute Gasteiger partial charge is 0.481 e. The summed E-state index contributed by atoms with van der Waals surface area (Å²) in [5.41, 5.74) is -0.817. The van der Waals surface area contributed by atoms with E-state index in [1.807, 2.05) is 6.07 Å². The summed E-state index contributed by atoms with van der Waals surface area (Å²) < 4.78 is 14.0. The molecule has 0 atom stereocenters. The van der Waals surface area contributed by atoms with Gasteiger partial charge in [0.2, 0.25) is 0 Å². The minimum atomic E-state index is -1.41. The molecule has 1 N–H and O–H groups in total. The van der Waals surface area contributed by atoms with Crippen molar-refractivity contribution < 1.29 is 14.3 Å². The Morgan fingerprint density at radius 1 is 1.36 bits per heavy atom. The number of rotatable bonds is 2. The average Bonchev–Trinajstić information content (AvgIpc) is 2.14. The van der Waals surface area contributed by atoms with Crippen LogP contribution in [0.2, 0.25) is 0 Å². The molecule has 0 bridgehead atoms. The highest BCUT2D eigenvalue weighted by Gasteiger charge is 2.49. The van der Waals surface area contributed by atoms with E-state index in [1.165, 1.54) is 0 Å². The van der Waals surface area contributed by atoms with Gasteiger partial charge in [-0.2, -0.15) is 0 Å². The maximum atomic E-state index is 14.0. The van der Waals surface area contributed by atoms with Crippen LogP contribution in [0.5, 0.6) is 0 Å². The van der Waals surface area contributed by atoms with Crippen molar-refractivity contribution in [3.8, 4) is 0 Å². The zero-order valence-electron chi connectivity index (χ0n) is 7.61. The van der Waals surface area contributed by atoms with Gasteiger partial charge >= 0.3 is 5.97 Å². The molecular weight excluding hydrogens is 183 g/mol. The van der Waals surface area contributed by atoms with E-state index in [0.717, 1.165) is 0 Å². The number of alkyl halides is 1. The molecule has 0 spiro atoms. The van der Waals surface area contributed by atoms with Gasteiger partial charge in [0.25, 0.3) is 0 Å². The molecule has 1 aromatic rings. The number of hydrogen-bond acceptors (Lipinski definition) is 1. The van der Waals surface area contributed by atoms with E-state index in [2.05, 4.69) is 0 Å². The van der Waals surface area contributed by atoms with E-state index < -0.39 is 17.6 Å². The number of carboxylic acid groups (broad SMARTS) is 1. The summed E-state index contributed by atoms with van der Waals surface area (Å²) in [7, 11) is 0. The molecule has 0 radical (unpaired) electrons. The second kappa shape index (κ2) is 3.08. The van der Waals surface area contributed by atoms with Gasteiger partial charge in [-0.05, 0) is 18.4 Å². The van der Waals surface area contributed by atoms with Crippen molar-refractivity contribution in [2.24, 2.45) is 5.92 Å². The Labute approximate surface area is 81.4 Å². The van der Waals surface area contributed by atoms with Gasteiger partial charge in [0.15, 0.2) is 0 Å². The second-order valence-corrected chi connectivity index (χ2v) is 3.77. The predicted octanol–water partition coefficient (Wildman–Crippen LogP) is 2.35. The van der Waals surface area contributed by atoms with Crippen LogP contribution < -0.4 is 0 Å². The molecule has 0 heterocycles. The van der Waals surface area contributed by atoms with Crippen LogP contribution >= 0.6 is 0 Å². The average molecular weight is 194 g/mol. The van der Waals surface area contributed by atoms with Crippen molar-refractivity contribution in [2.75, 3.05) is 0 Å². The molecule has 0 amide bonds. The maximum Gasteiger partial charge on any atom is 0.306 e. The molecule has 2 nitrogen and oxygen atoms in total. The molecule has 0 saturated heterocycles. The van der Waals surface area contributed by atoms with Gasteiger partial charge in [-0.15, -0.1) is 0 Å². The summed E-state index contributed by atoms with van der Waals surface area (Å²) >= 11 is 0. The Morgan fingerprint density at radius 2 is 1.93 bits per heavy atom. The summed E-state index contributed by atoms with van der Waals surface area (Å²) in [6, 6.07) is 8.77. The van der Waals surface area contributed by atoms with Gasteiger partial charge in [-0.1, -0.05) is 30.3 Å². The third-order valence-electron chi connectivity index (χ3n) is 2.78. The van der Waals surface area contributed by atoms with E-state index in [1.54, 1.807) is 24.3 Å². The smallest absolute Gasteiger partial charge is 0.306 e. The summed E-state index contributed by atoms with van der Waals surface area (Å²) in [6.45, 7) is 0. The molecule has 3 heteroatoms. The highest BCUT2D eigenvalue weighted by atomic mass is 19.1. The van der Waals surface area contributed by atoms with E-state index >= 15 is 0 Å². The van der Waals surface area contributed by atoms with Crippen molar-refractivity contribution in [2.45, 2.75) is 18.5 Å². The molecule has 1 fully saturated rings. The van der Waals surface area contributed by atoms with Gasteiger partial charge in [-0.3, -0.25) is 4.79 Å². The van der Waals surface area contributed by atoms with Gasteiger partial charge in [-0.25, -0.2) is 4.39 Å². The highest BCUT2D eigenvalue weighted by Crippen LogP contribution is 2.48. The maximum absolute atomic E-state index is 14.0. The lowest BCUT2D eigenvalue weighted by Crippen LogP contribution is -2.41. The molecule has 74 valence electrons. The molecule has 0 unspecified atom stereocenters. The number of aliphatic carboxylic acids is 1. The Kier molecular flexibility index (Phi) is 2.02. The lowest BCUT2D eigenvalue weighted by Gasteiger charge is -2.39. The molecule has 0 aliphatic heterocycles. The standard InChI is InChI=1S/C11H11FO2/c12-11(6-8(7-11)10(13)14)9-4-2-1-3-5-9/h1-5,8H,6-7H2,(H,13,14). The SMILES string of the molecule is O=C(O)C1CC(F)(c2ccccc2)C1. The predicted molar refractivity (Wildman–Crippen MR) is 49.6 cm³/mol. The number of benzene rings is 1. The van der Waals surface area contributed by atoms with Crippen LogP contribution in [0.3, 0.4) is 0 Å². The first-order valence-electron chi connectivity index (χ1n) is 4.59. The number of hydrogen-bond donors (Lipinski definition) is 1. The van der Waals surface area contributed by atoms with Crippen LogP contribution in [-0.4, -0.2) is 11.1 Å². The zero-order valence-corrected chi connectivity index (χ0v) is 7.61. The van der Waals surface area contributed by atoms with E-state index in [-0.39, 0.29) is 12.8 Å². The Bertz CT molecular complexity index is 342. The van der Waals surface area contributed by atoms with Gasteiger partial charge in [0, 0.05) is 0 Å². The van der Waals surface area contributed by atoms with Crippen LogP contribution in [0.1, 0.15) is 18.4 Å². The first-order chi connectivity index (χ1) is 6.62. The monoisotopic (exact) mass is 194 g/mol. The molecular formula is C11H11FO2. The molecule has 2 rings (SSSR count). The fourth-order valence-electron chi connectivity index (χ4n) is 1.87. The summed E-state index contributed by atoms with van der Waals surface area (Å²) in [5, 5.41) is 8.65. The summed E-state index contributed by atoms with van der Waals surface area (Å²) in [5.74, 6) is -1.41. The molecule has 1 aliphatic rings. The fraction of sp³-hybridized carbons (Fsp3) is 0.364. The highest BCUT2D eigenvalue weighted by molar-refractivity contribution is 5.71. The van der Waals surface area contributed by atoms with Crippen LogP contribution in [0.4, 0.5) is 4.39 Å². The van der Waals surface area contributed by atoms with Crippen LogP contribution in [0.25, 0.3) is 0 Å². The van der Waals surface area contributed by atoms with E-state index in [4.69, 9.17) is 5.11 Å². The lowest BCUT2D eigenvalue weighted by molar-refractivity contribution is -0.152. The van der Waals surface area contributed by atoms with Crippen molar-refractivity contribution >= 4 is 5.97 Å². The first-order valence-corrected chi connectivity index (χ1v) is 4.59. The fourth-order valence-corrected chi connectivity index (χ4v) is 1.87. The van der Waals surface area contributed by atoms with Crippen LogP contribution in [-0.2, 0) is 10.5 Å². The summed E-state index contributed by atoms with van der Waals surface area (Å²) in [4.78, 5) is 10.5. The van der Waals surface area contributed by atoms with Crippen molar-refractivity contribution in [3.63, 3.8) is 0 Å². The van der Waals surface area contributed by atoms with Crippen LogP contribution in [0, 0.1) is 5.92 Å².